The van der Waals surface area contributed by atoms with Crippen LogP contribution in [0.1, 0.15) is 37.3 Å². The van der Waals surface area contributed by atoms with Crippen LogP contribution in [-0.2, 0) is 9.53 Å². The van der Waals surface area contributed by atoms with Crippen molar-refractivity contribution in [2.45, 2.75) is 40.0 Å². The number of carbonyl (C=O) groups excluding carboxylic acids is 1. The largest absolute Gasteiger partial charge is 0.493 e. The summed E-state index contributed by atoms with van der Waals surface area (Å²) < 4.78 is 10.5. The highest BCUT2D eigenvalue weighted by Crippen LogP contribution is 2.19. The van der Waals surface area contributed by atoms with Crippen molar-refractivity contribution in [3.63, 3.8) is 0 Å². The molecule has 1 rings (SSSR count). The number of oxime groups is 1. The van der Waals surface area contributed by atoms with Gasteiger partial charge in [-0.15, -0.1) is 0 Å². The molecule has 0 aliphatic rings. The van der Waals surface area contributed by atoms with Crippen molar-refractivity contribution in [3.05, 3.63) is 29.3 Å². The molecule has 0 aromatic heterocycles. The number of nitrogens with zero attached hydrogens (tertiary/aromatic N) is 1. The molecule has 0 saturated carbocycles. The van der Waals surface area contributed by atoms with Crippen LogP contribution in [0.4, 0.5) is 0 Å². The number of benzene rings is 1. The molecule has 0 amide bonds. The molecular formula is C16H23NO4. The summed E-state index contributed by atoms with van der Waals surface area (Å²) in [7, 11) is 0. The zero-order valence-electron chi connectivity index (χ0n) is 12.9. The van der Waals surface area contributed by atoms with Crippen molar-refractivity contribution in [1.29, 1.82) is 0 Å². The topological polar surface area (TPSA) is 68.1 Å². The highest BCUT2D eigenvalue weighted by atomic mass is 16.5. The van der Waals surface area contributed by atoms with E-state index in [4.69, 9.17) is 14.7 Å². The summed E-state index contributed by atoms with van der Waals surface area (Å²) >= 11 is 0. The van der Waals surface area contributed by atoms with Gasteiger partial charge in [-0.2, -0.15) is 0 Å². The molecule has 1 aromatic carbocycles. The highest BCUT2D eigenvalue weighted by Gasteiger charge is 2.12. The Balaban J connectivity index is 2.31. The number of unbranched alkanes of at least 4 members (excludes halogenated alkanes) is 1. The number of ether oxygens (including phenoxy) is 2. The molecule has 1 aromatic rings. The van der Waals surface area contributed by atoms with E-state index in [2.05, 4.69) is 5.16 Å². The van der Waals surface area contributed by atoms with Crippen LogP contribution in [0.2, 0.25) is 0 Å². The molecule has 5 nitrogen and oxygen atoms in total. The molecule has 0 aliphatic carbocycles. The Morgan fingerprint density at radius 2 is 2.05 bits per heavy atom. The Hall–Kier alpha value is -2.04. The van der Waals surface area contributed by atoms with Crippen molar-refractivity contribution in [2.24, 2.45) is 5.16 Å². The number of carbonyl (C=O) groups is 1. The van der Waals surface area contributed by atoms with Crippen molar-refractivity contribution < 1.29 is 19.5 Å². The molecule has 0 bridgehead atoms. The van der Waals surface area contributed by atoms with Gasteiger partial charge in [0.15, 0.2) is 5.71 Å². The maximum absolute atomic E-state index is 11.4. The van der Waals surface area contributed by atoms with Gasteiger partial charge in [0.25, 0.3) is 0 Å². The fraction of sp³-hybridized carbons (Fsp3) is 0.500. The summed E-state index contributed by atoms with van der Waals surface area (Å²) in [5.41, 5.74) is 2.32. The lowest BCUT2D eigenvalue weighted by Gasteiger charge is -2.10. The van der Waals surface area contributed by atoms with Gasteiger partial charge in [0.05, 0.1) is 13.2 Å². The number of hydrogen-bond donors (Lipinski definition) is 1. The lowest BCUT2D eigenvalue weighted by molar-refractivity contribution is -0.135. The first kappa shape index (κ1) is 17.0. The van der Waals surface area contributed by atoms with Crippen LogP contribution in [0, 0.1) is 13.8 Å². The molecule has 5 heteroatoms. The van der Waals surface area contributed by atoms with E-state index in [9.17, 15) is 4.79 Å². The van der Waals surface area contributed by atoms with Crippen LogP contribution in [0.5, 0.6) is 5.75 Å². The Bertz CT molecular complexity index is 497. The van der Waals surface area contributed by atoms with Gasteiger partial charge < -0.3 is 14.7 Å². The molecule has 21 heavy (non-hydrogen) atoms. The van der Waals surface area contributed by atoms with Crippen LogP contribution < -0.4 is 4.74 Å². The molecule has 0 aliphatic heterocycles. The zero-order valence-corrected chi connectivity index (χ0v) is 12.9. The van der Waals surface area contributed by atoms with Crippen LogP contribution >= 0.6 is 0 Å². The number of esters is 1. The summed E-state index contributed by atoms with van der Waals surface area (Å²) in [6.45, 7) is 6.58. The van der Waals surface area contributed by atoms with Gasteiger partial charge in [-0.1, -0.05) is 17.3 Å². The summed E-state index contributed by atoms with van der Waals surface area (Å²) in [5.74, 6) is 0.326. The number of hydrogen-bond acceptors (Lipinski definition) is 5. The van der Waals surface area contributed by atoms with Gasteiger partial charge in [-0.05, 0) is 50.8 Å². The monoisotopic (exact) mass is 293 g/mol. The second-order valence-corrected chi connectivity index (χ2v) is 4.84. The first-order chi connectivity index (χ1) is 10.1. The van der Waals surface area contributed by atoms with E-state index in [1.165, 1.54) is 0 Å². The Morgan fingerprint density at radius 1 is 1.29 bits per heavy atom. The number of aryl methyl sites for hydroxylation is 2. The molecule has 0 fully saturated rings. The zero-order chi connectivity index (χ0) is 15.7. The predicted octanol–water partition coefficient (Wildman–Crippen LogP) is 3.25. The summed E-state index contributed by atoms with van der Waals surface area (Å²) in [6, 6.07) is 6.09. The van der Waals surface area contributed by atoms with Crippen LogP contribution in [0.15, 0.2) is 23.4 Å². The summed E-state index contributed by atoms with van der Waals surface area (Å²) in [5, 5.41) is 11.8. The second-order valence-electron chi connectivity index (χ2n) is 4.84. The third kappa shape index (κ3) is 5.85. The minimum atomic E-state index is -0.560. The fourth-order valence-electron chi connectivity index (χ4n) is 1.85. The average Bonchev–Trinajstić information content (AvgIpc) is 2.46. The standard InChI is InChI=1S/C16H23NO4/c1-4-20-16(18)14(17-19)7-5-6-10-21-15-11-12(2)8-9-13(15)3/h8-9,11,19H,4-7,10H2,1-3H3. The predicted molar refractivity (Wildman–Crippen MR) is 81.1 cm³/mol. The summed E-state index contributed by atoms with van der Waals surface area (Å²) in [4.78, 5) is 11.4. The van der Waals surface area contributed by atoms with E-state index in [1.54, 1.807) is 6.92 Å². The van der Waals surface area contributed by atoms with Gasteiger partial charge in [0.2, 0.25) is 0 Å². The van der Waals surface area contributed by atoms with E-state index < -0.39 is 5.97 Å². The van der Waals surface area contributed by atoms with Crippen LogP contribution in [0.25, 0.3) is 0 Å². The first-order valence-corrected chi connectivity index (χ1v) is 7.16. The lowest BCUT2D eigenvalue weighted by Crippen LogP contribution is -2.17. The molecule has 0 radical (unpaired) electrons. The molecule has 116 valence electrons. The molecule has 0 spiro atoms. The summed E-state index contributed by atoms with van der Waals surface area (Å²) in [6.07, 6.45) is 1.85. The molecular weight excluding hydrogens is 270 g/mol. The van der Waals surface area contributed by atoms with E-state index in [0.29, 0.717) is 19.4 Å². The maximum atomic E-state index is 11.4. The average molecular weight is 293 g/mol. The molecule has 0 heterocycles. The van der Waals surface area contributed by atoms with Gasteiger partial charge in [0.1, 0.15) is 5.75 Å². The fourth-order valence-corrected chi connectivity index (χ4v) is 1.85. The number of rotatable bonds is 8. The van der Waals surface area contributed by atoms with Gasteiger partial charge in [-0.25, -0.2) is 4.79 Å². The van der Waals surface area contributed by atoms with E-state index in [-0.39, 0.29) is 12.3 Å². The lowest BCUT2D eigenvalue weighted by atomic mass is 10.1. The Labute approximate surface area is 125 Å². The molecule has 0 unspecified atom stereocenters. The smallest absolute Gasteiger partial charge is 0.356 e. The molecule has 1 N–H and O–H groups in total. The van der Waals surface area contributed by atoms with Crippen LogP contribution in [0.3, 0.4) is 0 Å². The normalized spacial score (nSPS) is 11.3. The Kier molecular flexibility index (Phi) is 7.29. The van der Waals surface area contributed by atoms with Gasteiger partial charge in [-0.3, -0.25) is 0 Å². The van der Waals surface area contributed by atoms with E-state index in [1.807, 2.05) is 32.0 Å². The van der Waals surface area contributed by atoms with Crippen molar-refractivity contribution >= 4 is 11.7 Å². The minimum absolute atomic E-state index is 0.0589. The van der Waals surface area contributed by atoms with Crippen LogP contribution in [-0.4, -0.2) is 30.1 Å². The third-order valence-corrected chi connectivity index (χ3v) is 3.04. The molecule has 0 atom stereocenters. The second kappa shape index (κ2) is 9.00. The van der Waals surface area contributed by atoms with E-state index in [0.717, 1.165) is 23.3 Å². The quantitative estimate of drug-likeness (QED) is 0.263. The maximum Gasteiger partial charge on any atom is 0.356 e. The third-order valence-electron chi connectivity index (χ3n) is 3.04. The first-order valence-electron chi connectivity index (χ1n) is 7.16. The highest BCUT2D eigenvalue weighted by molar-refractivity contribution is 6.36. The molecule has 0 saturated heterocycles. The van der Waals surface area contributed by atoms with Crippen molar-refractivity contribution in [1.82, 2.24) is 0 Å². The van der Waals surface area contributed by atoms with Gasteiger partial charge in [0, 0.05) is 6.42 Å². The SMILES string of the molecule is CCOC(=O)C(CCCCOc1cc(C)ccc1C)=NO. The van der Waals surface area contributed by atoms with Gasteiger partial charge >= 0.3 is 5.97 Å². The minimum Gasteiger partial charge on any atom is -0.493 e. The van der Waals surface area contributed by atoms with Crippen molar-refractivity contribution in [3.8, 4) is 5.75 Å². The Morgan fingerprint density at radius 3 is 2.71 bits per heavy atom. The van der Waals surface area contributed by atoms with Crippen molar-refractivity contribution in [2.75, 3.05) is 13.2 Å². The van der Waals surface area contributed by atoms with E-state index >= 15 is 0 Å².